The largest absolute Gasteiger partial charge is 0.481 e. The number of rotatable bonds is 7. The number of esters is 1. The van der Waals surface area contributed by atoms with E-state index in [0.29, 0.717) is 0 Å². The first-order chi connectivity index (χ1) is 7.86. The highest BCUT2D eigenvalue weighted by Gasteiger charge is 2.25. The average molecular weight is 266 g/mol. The van der Waals surface area contributed by atoms with Crippen molar-refractivity contribution in [2.75, 3.05) is 0 Å². The molecule has 0 heterocycles. The van der Waals surface area contributed by atoms with E-state index in [1.54, 1.807) is 9.47 Å². The maximum atomic E-state index is 11.1. The summed E-state index contributed by atoms with van der Waals surface area (Å²) >= 11 is 0. The molecular weight excluding hydrogens is 255 g/mol. The van der Waals surface area contributed by atoms with E-state index in [1.807, 2.05) is 0 Å². The molecule has 0 aliphatic carbocycles. The van der Waals surface area contributed by atoms with E-state index in [0.717, 1.165) is 0 Å². The van der Waals surface area contributed by atoms with Crippen LogP contribution in [0.1, 0.15) is 19.3 Å². The number of carbonyl (C=O) groups excluding carboxylic acids is 2. The maximum absolute atomic E-state index is 11.1. The van der Waals surface area contributed by atoms with Gasteiger partial charge in [-0.15, -0.1) is 0 Å². The topological polar surface area (TPSA) is 127 Å². The third kappa shape index (κ3) is 7.24. The van der Waals surface area contributed by atoms with Crippen LogP contribution in [0.3, 0.4) is 0 Å². The summed E-state index contributed by atoms with van der Waals surface area (Å²) in [7, 11) is 1.70. The molecule has 0 spiro atoms. The first-order valence-electron chi connectivity index (χ1n) is 4.40. The molecule has 0 rings (SSSR count). The molecule has 96 valence electrons. The van der Waals surface area contributed by atoms with Crippen molar-refractivity contribution in [3.05, 3.63) is 0 Å². The number of hydrogen-bond acceptors (Lipinski definition) is 6. The van der Waals surface area contributed by atoms with Crippen LogP contribution >= 0.6 is 9.47 Å². The van der Waals surface area contributed by atoms with E-state index in [9.17, 15) is 19.2 Å². The van der Waals surface area contributed by atoms with Gasteiger partial charge in [-0.2, -0.15) is 0 Å². The van der Waals surface area contributed by atoms with E-state index in [4.69, 9.17) is 10.2 Å². The summed E-state index contributed by atoms with van der Waals surface area (Å²) in [6, 6.07) is 0. The van der Waals surface area contributed by atoms with Gasteiger partial charge < -0.3 is 19.5 Å². The van der Waals surface area contributed by atoms with E-state index in [1.165, 1.54) is 0 Å². The Balaban J connectivity index is 4.17. The first-order valence-corrected chi connectivity index (χ1v) is 4.87. The zero-order chi connectivity index (χ0) is 13.4. The van der Waals surface area contributed by atoms with Crippen LogP contribution in [0, 0.1) is 0 Å². The maximum Gasteiger partial charge on any atom is 0.345 e. The van der Waals surface area contributed by atoms with Gasteiger partial charge in [0.2, 0.25) is 6.10 Å². The Morgan fingerprint density at radius 3 is 2.00 bits per heavy atom. The van der Waals surface area contributed by atoms with Crippen molar-refractivity contribution in [2.24, 2.45) is 0 Å². The molecule has 17 heavy (non-hydrogen) atoms. The molecule has 0 saturated heterocycles. The molecule has 0 aliphatic rings. The standard InChI is InChI=1S/C8H11O8P/c9-5(10)3-4(8(13)14)15-6(11)1-2-7(12)16-17/h4H,1-3,17H2,(H,9,10)(H,13,14)/t4-/m1/s1. The van der Waals surface area contributed by atoms with Crippen molar-refractivity contribution < 1.29 is 38.7 Å². The molecule has 1 unspecified atom stereocenters. The van der Waals surface area contributed by atoms with Crippen LogP contribution in [0.5, 0.6) is 0 Å². The molecule has 2 atom stereocenters. The molecule has 0 bridgehead atoms. The van der Waals surface area contributed by atoms with Gasteiger partial charge in [-0.25, -0.2) is 4.79 Å². The predicted molar refractivity (Wildman–Crippen MR) is 54.8 cm³/mol. The summed E-state index contributed by atoms with van der Waals surface area (Å²) in [5.74, 6) is -4.63. The average Bonchev–Trinajstić information content (AvgIpc) is 2.24. The predicted octanol–water partition coefficient (Wildman–Crippen LogP) is -0.429. The van der Waals surface area contributed by atoms with Crippen LogP contribution in [-0.4, -0.2) is 40.2 Å². The van der Waals surface area contributed by atoms with Gasteiger partial charge in [0.05, 0.1) is 28.7 Å². The minimum Gasteiger partial charge on any atom is -0.481 e. The van der Waals surface area contributed by atoms with Gasteiger partial charge in [-0.1, -0.05) is 0 Å². The van der Waals surface area contributed by atoms with Crippen molar-refractivity contribution in [2.45, 2.75) is 25.4 Å². The summed E-state index contributed by atoms with van der Waals surface area (Å²) in [5, 5.41) is 16.9. The summed E-state index contributed by atoms with van der Waals surface area (Å²) in [6.07, 6.45) is -3.25. The third-order valence-electron chi connectivity index (χ3n) is 1.57. The minimum absolute atomic E-state index is 0.276. The number of ether oxygens (including phenoxy) is 1. The molecule has 0 amide bonds. The molecule has 0 aromatic heterocycles. The van der Waals surface area contributed by atoms with Crippen molar-refractivity contribution in [3.63, 3.8) is 0 Å². The van der Waals surface area contributed by atoms with Crippen LogP contribution in [-0.2, 0) is 28.4 Å². The lowest BCUT2D eigenvalue weighted by atomic mass is 10.2. The molecule has 0 aromatic rings. The van der Waals surface area contributed by atoms with Gasteiger partial charge in [-0.05, 0) is 0 Å². The second kappa shape index (κ2) is 7.56. The highest BCUT2D eigenvalue weighted by Crippen LogP contribution is 2.04. The van der Waals surface area contributed by atoms with Crippen molar-refractivity contribution in [1.82, 2.24) is 0 Å². The van der Waals surface area contributed by atoms with Crippen molar-refractivity contribution in [3.8, 4) is 0 Å². The summed E-state index contributed by atoms with van der Waals surface area (Å²) < 4.78 is 8.56. The SMILES string of the molecule is O=C(O)C[C@@H](OC(=O)CCC(=O)OP)C(=O)O. The molecule has 0 fully saturated rings. The van der Waals surface area contributed by atoms with Crippen molar-refractivity contribution in [1.29, 1.82) is 0 Å². The number of carbonyl (C=O) groups is 4. The van der Waals surface area contributed by atoms with Gasteiger partial charge in [0, 0.05) is 0 Å². The fraction of sp³-hybridized carbons (Fsp3) is 0.500. The highest BCUT2D eigenvalue weighted by atomic mass is 31.0. The van der Waals surface area contributed by atoms with E-state index >= 15 is 0 Å². The molecule has 8 nitrogen and oxygen atoms in total. The Bertz CT molecular complexity index is 325. The number of carboxylic acid groups (broad SMARTS) is 2. The van der Waals surface area contributed by atoms with Crippen LogP contribution in [0.2, 0.25) is 0 Å². The molecule has 0 radical (unpaired) electrons. The Kier molecular flexibility index (Phi) is 6.81. The Morgan fingerprint density at radius 1 is 1.06 bits per heavy atom. The van der Waals surface area contributed by atoms with Crippen LogP contribution in [0.25, 0.3) is 0 Å². The minimum atomic E-state index is -1.76. The second-order valence-corrected chi connectivity index (χ2v) is 3.14. The third-order valence-corrected chi connectivity index (χ3v) is 1.84. The van der Waals surface area contributed by atoms with Gasteiger partial charge in [0.1, 0.15) is 0 Å². The summed E-state index contributed by atoms with van der Waals surface area (Å²) in [4.78, 5) is 42.5. The van der Waals surface area contributed by atoms with Gasteiger partial charge >= 0.3 is 23.9 Å². The highest BCUT2D eigenvalue weighted by molar-refractivity contribution is 7.10. The van der Waals surface area contributed by atoms with E-state index in [-0.39, 0.29) is 12.8 Å². The monoisotopic (exact) mass is 266 g/mol. The van der Waals surface area contributed by atoms with E-state index in [2.05, 4.69) is 9.26 Å². The number of carboxylic acids is 2. The summed E-state index contributed by atoms with van der Waals surface area (Å²) in [5.41, 5.74) is 0. The first kappa shape index (κ1) is 15.3. The van der Waals surface area contributed by atoms with Gasteiger partial charge in [-0.3, -0.25) is 14.4 Å². The van der Waals surface area contributed by atoms with Gasteiger partial charge in [0.15, 0.2) is 0 Å². The zero-order valence-electron chi connectivity index (χ0n) is 8.62. The van der Waals surface area contributed by atoms with Crippen LogP contribution < -0.4 is 0 Å². The Labute approximate surface area is 98.2 Å². The lowest BCUT2D eigenvalue weighted by molar-refractivity contribution is -0.167. The molecule has 2 N–H and O–H groups in total. The second-order valence-electron chi connectivity index (χ2n) is 2.90. The number of aliphatic carboxylic acids is 2. The Morgan fingerprint density at radius 2 is 1.59 bits per heavy atom. The lowest BCUT2D eigenvalue weighted by Crippen LogP contribution is -2.29. The number of hydrogen-bond donors (Lipinski definition) is 2. The Hall–Kier alpha value is -1.69. The van der Waals surface area contributed by atoms with E-state index < -0.39 is 36.4 Å². The van der Waals surface area contributed by atoms with Crippen LogP contribution in [0.15, 0.2) is 0 Å². The fourth-order valence-corrected chi connectivity index (χ4v) is 0.936. The zero-order valence-corrected chi connectivity index (χ0v) is 9.77. The molecule has 0 saturated carbocycles. The smallest absolute Gasteiger partial charge is 0.345 e. The fourth-order valence-electron chi connectivity index (χ4n) is 0.819. The molecular formula is C8H11O8P. The van der Waals surface area contributed by atoms with Crippen molar-refractivity contribution >= 4 is 33.3 Å². The van der Waals surface area contributed by atoms with Gasteiger partial charge in [0.25, 0.3) is 0 Å². The lowest BCUT2D eigenvalue weighted by Gasteiger charge is -2.11. The quantitative estimate of drug-likeness (QED) is 0.469. The molecule has 0 aliphatic heterocycles. The summed E-state index contributed by atoms with van der Waals surface area (Å²) in [6.45, 7) is 0. The normalized spacial score (nSPS) is 11.4. The van der Waals surface area contributed by atoms with Crippen LogP contribution in [0.4, 0.5) is 0 Å². The molecule has 9 heteroatoms. The molecule has 0 aromatic carbocycles.